The number of carbonyl (C=O) groups excluding carboxylic acids is 2. The van der Waals surface area contributed by atoms with E-state index in [1.165, 1.54) is 11.3 Å². The molecule has 26 heavy (non-hydrogen) atoms. The van der Waals surface area contributed by atoms with Crippen LogP contribution in [-0.4, -0.2) is 22.8 Å². The molecule has 3 rings (SSSR count). The summed E-state index contributed by atoms with van der Waals surface area (Å²) in [4.78, 5) is 29.5. The highest BCUT2D eigenvalue weighted by molar-refractivity contribution is 7.22. The van der Waals surface area contributed by atoms with E-state index < -0.39 is 6.04 Å². The number of nitrogens with zero attached hydrogens (tertiary/aromatic N) is 1. The Morgan fingerprint density at radius 2 is 1.77 bits per heavy atom. The Labute approximate surface area is 160 Å². The van der Waals surface area contributed by atoms with E-state index in [1.54, 1.807) is 24.3 Å². The third-order valence-corrected chi connectivity index (χ3v) is 5.07. The van der Waals surface area contributed by atoms with Crippen molar-refractivity contribution in [3.63, 3.8) is 0 Å². The predicted octanol–water partition coefficient (Wildman–Crippen LogP) is 4.34. The number of para-hydroxylation sites is 1. The van der Waals surface area contributed by atoms with Gasteiger partial charge in [0.05, 0.1) is 10.2 Å². The minimum absolute atomic E-state index is 0.0828. The van der Waals surface area contributed by atoms with Crippen LogP contribution in [0.3, 0.4) is 0 Å². The number of thiazole rings is 1. The summed E-state index contributed by atoms with van der Waals surface area (Å²) in [7, 11) is 0. The van der Waals surface area contributed by atoms with Gasteiger partial charge < -0.3 is 10.6 Å². The molecule has 0 bridgehead atoms. The first kappa shape index (κ1) is 18.4. The predicted molar refractivity (Wildman–Crippen MR) is 106 cm³/mol. The number of hydrogen-bond acceptors (Lipinski definition) is 4. The van der Waals surface area contributed by atoms with Crippen molar-refractivity contribution in [2.75, 3.05) is 5.32 Å². The van der Waals surface area contributed by atoms with Crippen molar-refractivity contribution >= 4 is 50.1 Å². The molecule has 1 atom stereocenters. The van der Waals surface area contributed by atoms with Crippen molar-refractivity contribution in [3.8, 4) is 0 Å². The van der Waals surface area contributed by atoms with Crippen molar-refractivity contribution in [3.05, 3.63) is 59.1 Å². The van der Waals surface area contributed by atoms with Gasteiger partial charge in [-0.3, -0.25) is 9.59 Å². The molecule has 0 saturated carbocycles. The summed E-state index contributed by atoms with van der Waals surface area (Å²) < 4.78 is 0.995. The van der Waals surface area contributed by atoms with Gasteiger partial charge in [0.2, 0.25) is 5.91 Å². The average Bonchev–Trinajstić information content (AvgIpc) is 3.01. The van der Waals surface area contributed by atoms with Crippen LogP contribution in [-0.2, 0) is 4.79 Å². The summed E-state index contributed by atoms with van der Waals surface area (Å²) in [5.41, 5.74) is 1.28. The molecule has 0 unspecified atom stereocenters. The van der Waals surface area contributed by atoms with Gasteiger partial charge in [-0.1, -0.05) is 48.9 Å². The Hall–Kier alpha value is -2.44. The first-order chi connectivity index (χ1) is 12.4. The molecular weight excluding hydrogens is 370 g/mol. The van der Waals surface area contributed by atoms with E-state index in [1.807, 2.05) is 38.1 Å². The Balaban J connectivity index is 1.73. The fourth-order valence-electron chi connectivity index (χ4n) is 2.47. The highest BCUT2D eigenvalue weighted by Gasteiger charge is 2.25. The lowest BCUT2D eigenvalue weighted by Gasteiger charge is -2.21. The first-order valence-electron chi connectivity index (χ1n) is 8.17. The number of fused-ring (bicyclic) bond motifs is 1. The number of rotatable bonds is 5. The molecule has 0 fully saturated rings. The number of aromatic nitrogens is 1. The van der Waals surface area contributed by atoms with Crippen LogP contribution in [0.4, 0.5) is 5.13 Å². The van der Waals surface area contributed by atoms with Gasteiger partial charge in [0.15, 0.2) is 5.13 Å². The van der Waals surface area contributed by atoms with E-state index in [-0.39, 0.29) is 17.7 Å². The monoisotopic (exact) mass is 387 g/mol. The van der Waals surface area contributed by atoms with E-state index in [0.29, 0.717) is 15.7 Å². The molecule has 0 aliphatic carbocycles. The smallest absolute Gasteiger partial charge is 0.251 e. The van der Waals surface area contributed by atoms with E-state index in [9.17, 15) is 9.59 Å². The highest BCUT2D eigenvalue weighted by atomic mass is 35.5. The van der Waals surface area contributed by atoms with Crippen LogP contribution in [0.2, 0.25) is 5.02 Å². The van der Waals surface area contributed by atoms with Gasteiger partial charge in [0.25, 0.3) is 5.91 Å². The second-order valence-corrected chi connectivity index (χ2v) is 7.65. The molecule has 0 aliphatic heterocycles. The van der Waals surface area contributed by atoms with Crippen LogP contribution in [0, 0.1) is 5.92 Å². The third-order valence-electron chi connectivity index (χ3n) is 3.87. The van der Waals surface area contributed by atoms with E-state index >= 15 is 0 Å². The third kappa shape index (κ3) is 4.20. The van der Waals surface area contributed by atoms with Crippen LogP contribution in [0.1, 0.15) is 24.2 Å². The van der Waals surface area contributed by atoms with Gasteiger partial charge in [-0.05, 0) is 42.3 Å². The first-order valence-corrected chi connectivity index (χ1v) is 9.36. The van der Waals surface area contributed by atoms with Gasteiger partial charge in [0.1, 0.15) is 6.04 Å². The molecule has 3 aromatic rings. The maximum Gasteiger partial charge on any atom is 0.251 e. The van der Waals surface area contributed by atoms with Crippen LogP contribution < -0.4 is 10.6 Å². The van der Waals surface area contributed by atoms with Crippen molar-refractivity contribution in [1.82, 2.24) is 10.3 Å². The summed E-state index contributed by atoms with van der Waals surface area (Å²) in [6.45, 7) is 3.76. The Kier molecular flexibility index (Phi) is 5.54. The maximum absolute atomic E-state index is 12.7. The standard InChI is InChI=1S/C19H18ClN3O2S/c1-11(2)16(22-17(24)12-7-9-13(20)10-8-12)18(25)23-19-21-14-5-3-4-6-15(14)26-19/h3-11,16H,1-2H3,(H,22,24)(H,21,23,25)/t16-/m0/s1. The average molecular weight is 388 g/mol. The largest absolute Gasteiger partial charge is 0.340 e. The Morgan fingerprint density at radius 1 is 1.08 bits per heavy atom. The molecule has 134 valence electrons. The van der Waals surface area contributed by atoms with Crippen LogP contribution >= 0.6 is 22.9 Å². The summed E-state index contributed by atoms with van der Waals surface area (Å²) in [6.07, 6.45) is 0. The lowest BCUT2D eigenvalue weighted by Crippen LogP contribution is -2.47. The number of anilines is 1. The summed E-state index contributed by atoms with van der Waals surface area (Å²) in [6, 6.07) is 13.5. The van der Waals surface area contributed by atoms with Crippen LogP contribution in [0.5, 0.6) is 0 Å². The molecule has 0 radical (unpaired) electrons. The van der Waals surface area contributed by atoms with E-state index in [0.717, 1.165) is 10.2 Å². The zero-order valence-electron chi connectivity index (χ0n) is 14.3. The fraction of sp³-hybridized carbons (Fsp3) is 0.211. The summed E-state index contributed by atoms with van der Waals surface area (Å²) in [5.74, 6) is -0.693. The molecular formula is C19H18ClN3O2S. The molecule has 5 nitrogen and oxygen atoms in total. The second kappa shape index (κ2) is 7.85. The van der Waals surface area contributed by atoms with Gasteiger partial charge in [-0.2, -0.15) is 0 Å². The molecule has 0 spiro atoms. The molecule has 2 N–H and O–H groups in total. The van der Waals surface area contributed by atoms with Crippen molar-refractivity contribution in [2.45, 2.75) is 19.9 Å². The van der Waals surface area contributed by atoms with Crippen molar-refractivity contribution < 1.29 is 9.59 Å². The minimum atomic E-state index is -0.676. The van der Waals surface area contributed by atoms with Gasteiger partial charge in [-0.15, -0.1) is 0 Å². The summed E-state index contributed by atoms with van der Waals surface area (Å²) >= 11 is 7.25. The molecule has 2 aromatic carbocycles. The second-order valence-electron chi connectivity index (χ2n) is 6.18. The van der Waals surface area contributed by atoms with Crippen LogP contribution in [0.25, 0.3) is 10.2 Å². The molecule has 7 heteroatoms. The van der Waals surface area contributed by atoms with Crippen molar-refractivity contribution in [2.24, 2.45) is 5.92 Å². The number of carbonyl (C=O) groups is 2. The number of amides is 2. The molecule has 0 aliphatic rings. The zero-order chi connectivity index (χ0) is 18.7. The number of hydrogen-bond donors (Lipinski definition) is 2. The molecule has 0 saturated heterocycles. The number of benzene rings is 2. The number of halogens is 1. The maximum atomic E-state index is 12.7. The summed E-state index contributed by atoms with van der Waals surface area (Å²) in [5, 5.41) is 6.67. The van der Waals surface area contributed by atoms with Crippen LogP contribution in [0.15, 0.2) is 48.5 Å². The van der Waals surface area contributed by atoms with Gasteiger partial charge in [-0.25, -0.2) is 4.98 Å². The normalized spacial score (nSPS) is 12.2. The Morgan fingerprint density at radius 3 is 2.42 bits per heavy atom. The SMILES string of the molecule is CC(C)[C@H](NC(=O)c1ccc(Cl)cc1)C(=O)Nc1nc2ccccc2s1. The molecule has 1 aromatic heterocycles. The zero-order valence-corrected chi connectivity index (χ0v) is 15.9. The van der Waals surface area contributed by atoms with Gasteiger partial charge in [0, 0.05) is 10.6 Å². The van der Waals surface area contributed by atoms with E-state index in [2.05, 4.69) is 15.6 Å². The quantitative estimate of drug-likeness (QED) is 0.684. The minimum Gasteiger partial charge on any atom is -0.340 e. The van der Waals surface area contributed by atoms with Gasteiger partial charge >= 0.3 is 0 Å². The van der Waals surface area contributed by atoms with E-state index in [4.69, 9.17) is 11.6 Å². The molecule has 2 amide bonds. The lowest BCUT2D eigenvalue weighted by molar-refractivity contribution is -0.118. The highest BCUT2D eigenvalue weighted by Crippen LogP contribution is 2.25. The molecule has 1 heterocycles. The number of nitrogens with one attached hydrogen (secondary N) is 2. The fourth-order valence-corrected chi connectivity index (χ4v) is 3.46. The topological polar surface area (TPSA) is 71.1 Å². The Bertz CT molecular complexity index is 904. The lowest BCUT2D eigenvalue weighted by atomic mass is 10.0. The van der Waals surface area contributed by atoms with Crippen molar-refractivity contribution in [1.29, 1.82) is 0 Å².